The molecule has 0 unspecified atom stereocenters. The third kappa shape index (κ3) is 3.15. The molecule has 2 aliphatic heterocycles. The molecule has 0 aromatic carbocycles. The highest BCUT2D eigenvalue weighted by atomic mass is 16.5. The van der Waals surface area contributed by atoms with E-state index in [1.165, 1.54) is 0 Å². The molecule has 7 nitrogen and oxygen atoms in total. The number of aromatic nitrogens is 1. The van der Waals surface area contributed by atoms with E-state index in [2.05, 4.69) is 9.88 Å². The Bertz CT molecular complexity index is 526. The number of anilines is 1. The lowest BCUT2D eigenvalue weighted by Gasteiger charge is -2.30. The molecule has 2 aliphatic rings. The first kappa shape index (κ1) is 15.1. The second-order valence-corrected chi connectivity index (χ2v) is 5.23. The monoisotopic (exact) mass is 307 g/mol. The van der Waals surface area contributed by atoms with Gasteiger partial charge in [-0.2, -0.15) is 0 Å². The second-order valence-electron chi connectivity index (χ2n) is 5.23. The van der Waals surface area contributed by atoms with Gasteiger partial charge in [0.1, 0.15) is 5.69 Å². The lowest BCUT2D eigenvalue weighted by atomic mass is 10.2. The van der Waals surface area contributed by atoms with E-state index in [1.807, 2.05) is 6.07 Å². The molecule has 0 N–H and O–H groups in total. The summed E-state index contributed by atoms with van der Waals surface area (Å²) in [4.78, 5) is 21.0. The molecule has 0 bridgehead atoms. The van der Waals surface area contributed by atoms with E-state index in [0.717, 1.165) is 13.1 Å². The molecule has 1 aromatic heterocycles. The van der Waals surface area contributed by atoms with Gasteiger partial charge in [0, 0.05) is 26.2 Å². The van der Waals surface area contributed by atoms with E-state index in [1.54, 1.807) is 18.1 Å². The quantitative estimate of drug-likeness (QED) is 0.805. The number of methoxy groups -OCH3 is 1. The number of carbonyl (C=O) groups is 1. The van der Waals surface area contributed by atoms with Crippen molar-refractivity contribution in [2.75, 3.05) is 64.6 Å². The molecule has 3 rings (SSSR count). The minimum Gasteiger partial charge on any atom is -0.493 e. The third-order valence-corrected chi connectivity index (χ3v) is 3.89. The molecule has 1 aromatic rings. The smallest absolute Gasteiger partial charge is 0.272 e. The van der Waals surface area contributed by atoms with Gasteiger partial charge in [0.25, 0.3) is 5.91 Å². The Labute approximate surface area is 129 Å². The highest BCUT2D eigenvalue weighted by Crippen LogP contribution is 2.27. The van der Waals surface area contributed by atoms with Gasteiger partial charge in [0.05, 0.1) is 33.5 Å². The number of amides is 1. The number of rotatable bonds is 3. The Kier molecular flexibility index (Phi) is 4.74. The van der Waals surface area contributed by atoms with Gasteiger partial charge in [-0.05, 0) is 12.1 Å². The normalized spacial score (nSPS) is 19.1. The summed E-state index contributed by atoms with van der Waals surface area (Å²) in [5.41, 5.74) is 0.448. The Hall–Kier alpha value is -1.86. The highest BCUT2D eigenvalue weighted by Gasteiger charge is 2.23. The van der Waals surface area contributed by atoms with Crippen molar-refractivity contribution in [3.8, 4) is 5.75 Å². The number of nitrogens with zero attached hydrogens (tertiary/aromatic N) is 3. The van der Waals surface area contributed by atoms with Crippen molar-refractivity contribution in [3.05, 3.63) is 17.8 Å². The summed E-state index contributed by atoms with van der Waals surface area (Å²) in [6.07, 6.45) is 0. The fourth-order valence-corrected chi connectivity index (χ4v) is 2.64. The maximum Gasteiger partial charge on any atom is 0.272 e. The SMILES string of the molecule is COc1ccc(C(=O)N2CCOCC2)nc1N1CCOCC1. The Morgan fingerprint density at radius 2 is 1.73 bits per heavy atom. The number of ether oxygens (including phenoxy) is 3. The van der Waals surface area contributed by atoms with Crippen molar-refractivity contribution < 1.29 is 19.0 Å². The van der Waals surface area contributed by atoms with Crippen molar-refractivity contribution in [2.45, 2.75) is 0 Å². The van der Waals surface area contributed by atoms with Crippen LogP contribution < -0.4 is 9.64 Å². The predicted molar refractivity (Wildman–Crippen MR) is 80.5 cm³/mol. The second kappa shape index (κ2) is 6.93. The van der Waals surface area contributed by atoms with Crippen LogP contribution in [0.4, 0.5) is 5.82 Å². The van der Waals surface area contributed by atoms with Crippen molar-refractivity contribution >= 4 is 11.7 Å². The molecular weight excluding hydrogens is 286 g/mol. The molecular formula is C15H21N3O4. The molecule has 2 fully saturated rings. The van der Waals surface area contributed by atoms with Crippen molar-refractivity contribution in [1.29, 1.82) is 0 Å². The van der Waals surface area contributed by atoms with Gasteiger partial charge >= 0.3 is 0 Å². The Morgan fingerprint density at radius 1 is 1.09 bits per heavy atom. The number of hydrogen-bond acceptors (Lipinski definition) is 6. The van der Waals surface area contributed by atoms with Crippen molar-refractivity contribution in [2.24, 2.45) is 0 Å². The van der Waals surface area contributed by atoms with E-state index < -0.39 is 0 Å². The molecule has 0 aliphatic carbocycles. The number of carbonyl (C=O) groups excluding carboxylic acids is 1. The van der Waals surface area contributed by atoms with Gasteiger partial charge in [0.15, 0.2) is 11.6 Å². The van der Waals surface area contributed by atoms with Crippen LogP contribution in [0, 0.1) is 0 Å². The third-order valence-electron chi connectivity index (χ3n) is 3.89. The fourth-order valence-electron chi connectivity index (χ4n) is 2.64. The largest absolute Gasteiger partial charge is 0.493 e. The maximum atomic E-state index is 12.6. The van der Waals surface area contributed by atoms with Gasteiger partial charge in [-0.25, -0.2) is 4.98 Å². The van der Waals surface area contributed by atoms with Crippen LogP contribution >= 0.6 is 0 Å². The minimum absolute atomic E-state index is 0.0551. The Morgan fingerprint density at radius 3 is 2.36 bits per heavy atom. The zero-order valence-corrected chi connectivity index (χ0v) is 12.8. The molecule has 2 saturated heterocycles. The van der Waals surface area contributed by atoms with E-state index in [0.29, 0.717) is 56.8 Å². The van der Waals surface area contributed by atoms with Gasteiger partial charge < -0.3 is 24.0 Å². The van der Waals surface area contributed by atoms with E-state index in [-0.39, 0.29) is 5.91 Å². The summed E-state index contributed by atoms with van der Waals surface area (Å²) in [5, 5.41) is 0. The lowest BCUT2D eigenvalue weighted by molar-refractivity contribution is 0.0299. The maximum absolute atomic E-state index is 12.6. The molecule has 120 valence electrons. The topological polar surface area (TPSA) is 64.1 Å². The van der Waals surface area contributed by atoms with Gasteiger partial charge in [-0.15, -0.1) is 0 Å². The van der Waals surface area contributed by atoms with Crippen LogP contribution in [0.3, 0.4) is 0 Å². The molecule has 7 heteroatoms. The van der Waals surface area contributed by atoms with Gasteiger partial charge in [0.2, 0.25) is 0 Å². The summed E-state index contributed by atoms with van der Waals surface area (Å²) in [6, 6.07) is 3.53. The van der Waals surface area contributed by atoms with Crippen molar-refractivity contribution in [1.82, 2.24) is 9.88 Å². The van der Waals surface area contributed by atoms with Crippen LogP contribution in [0.1, 0.15) is 10.5 Å². The van der Waals surface area contributed by atoms with Gasteiger partial charge in [-0.1, -0.05) is 0 Å². The van der Waals surface area contributed by atoms with E-state index in [9.17, 15) is 4.79 Å². The first-order valence-electron chi connectivity index (χ1n) is 7.54. The highest BCUT2D eigenvalue weighted by molar-refractivity contribution is 5.93. The average molecular weight is 307 g/mol. The Balaban J connectivity index is 1.83. The average Bonchev–Trinajstić information content (AvgIpc) is 2.62. The first-order valence-corrected chi connectivity index (χ1v) is 7.54. The fraction of sp³-hybridized carbons (Fsp3) is 0.600. The zero-order valence-electron chi connectivity index (χ0n) is 12.8. The number of pyridine rings is 1. The molecule has 0 saturated carbocycles. The minimum atomic E-state index is -0.0551. The number of hydrogen-bond donors (Lipinski definition) is 0. The molecule has 0 atom stereocenters. The summed E-state index contributed by atoms with van der Waals surface area (Å²) >= 11 is 0. The summed E-state index contributed by atoms with van der Waals surface area (Å²) in [5.74, 6) is 1.34. The van der Waals surface area contributed by atoms with Crippen LogP contribution in [-0.2, 0) is 9.47 Å². The molecule has 1 amide bonds. The molecule has 0 radical (unpaired) electrons. The number of morpholine rings is 2. The lowest BCUT2D eigenvalue weighted by Crippen LogP contribution is -2.41. The van der Waals surface area contributed by atoms with Crippen molar-refractivity contribution in [3.63, 3.8) is 0 Å². The summed E-state index contributed by atoms with van der Waals surface area (Å²) in [6.45, 7) is 5.20. The van der Waals surface area contributed by atoms with E-state index in [4.69, 9.17) is 14.2 Å². The van der Waals surface area contributed by atoms with Gasteiger partial charge in [-0.3, -0.25) is 4.79 Å². The summed E-state index contributed by atoms with van der Waals surface area (Å²) < 4.78 is 16.0. The predicted octanol–water partition coefficient (Wildman–Crippen LogP) is 0.399. The van der Waals surface area contributed by atoms with Crippen LogP contribution in [0.15, 0.2) is 12.1 Å². The van der Waals surface area contributed by atoms with Crippen LogP contribution in [-0.4, -0.2) is 75.5 Å². The van der Waals surface area contributed by atoms with Crippen LogP contribution in [0.2, 0.25) is 0 Å². The van der Waals surface area contributed by atoms with Crippen LogP contribution in [0.25, 0.3) is 0 Å². The molecule has 22 heavy (non-hydrogen) atoms. The zero-order chi connectivity index (χ0) is 15.4. The molecule has 3 heterocycles. The first-order chi connectivity index (χ1) is 10.8. The van der Waals surface area contributed by atoms with Crippen LogP contribution in [0.5, 0.6) is 5.75 Å². The molecule has 0 spiro atoms. The van der Waals surface area contributed by atoms with E-state index >= 15 is 0 Å². The summed E-state index contributed by atoms with van der Waals surface area (Å²) in [7, 11) is 1.62. The standard InChI is InChI=1S/C15H21N3O4/c1-20-13-3-2-12(15(19)18-6-10-22-11-7-18)16-14(13)17-4-8-21-9-5-17/h2-3H,4-11H2,1H3.